The molecule has 38 heavy (non-hydrogen) atoms. The summed E-state index contributed by atoms with van der Waals surface area (Å²) >= 11 is 0. The van der Waals surface area contributed by atoms with Crippen LogP contribution in [0.2, 0.25) is 0 Å². The molecule has 204 valence electrons. The third kappa shape index (κ3) is 5.92. The van der Waals surface area contributed by atoms with Crippen molar-refractivity contribution in [1.29, 1.82) is 0 Å². The maximum atomic E-state index is 11.8. The van der Waals surface area contributed by atoms with Crippen LogP contribution in [-0.4, -0.2) is 85.0 Å². The average Bonchev–Trinajstić information content (AvgIpc) is 2.87. The molecular weight excluding hydrogens is 508 g/mol. The molecule has 2 aliphatic heterocycles. The number of phenolic OH excluding ortho intramolecular Hbond substituents is 3. The number of hydrogen-bond acceptors (Lipinski definition) is 12. The highest BCUT2D eigenvalue weighted by atomic mass is 16.7. The summed E-state index contributed by atoms with van der Waals surface area (Å²) in [7, 11) is 0. The van der Waals surface area contributed by atoms with Crippen LogP contribution >= 0.6 is 0 Å². The van der Waals surface area contributed by atoms with E-state index in [2.05, 4.69) is 0 Å². The molecule has 2 aliphatic rings. The minimum absolute atomic E-state index is 0.00553. The van der Waals surface area contributed by atoms with E-state index in [1.54, 1.807) is 0 Å². The van der Waals surface area contributed by atoms with Gasteiger partial charge in [0, 0.05) is 17.7 Å². The number of phenols is 3. The lowest BCUT2D eigenvalue weighted by Gasteiger charge is -2.41. The van der Waals surface area contributed by atoms with Crippen molar-refractivity contribution in [3.05, 3.63) is 53.3 Å². The average molecular weight is 534 g/mol. The molecule has 2 aromatic rings. The van der Waals surface area contributed by atoms with Crippen molar-refractivity contribution in [2.45, 2.75) is 49.7 Å². The Morgan fingerprint density at radius 3 is 2.29 bits per heavy atom. The summed E-state index contributed by atoms with van der Waals surface area (Å²) in [6, 6.07) is 8.20. The van der Waals surface area contributed by atoms with E-state index in [9.17, 15) is 40.2 Å². The number of aliphatic carboxylic acids is 1. The second-order valence-corrected chi connectivity index (χ2v) is 8.72. The van der Waals surface area contributed by atoms with Crippen molar-refractivity contribution < 1.29 is 64.3 Å². The lowest BCUT2D eigenvalue weighted by atomic mass is 9.98. The van der Waals surface area contributed by atoms with Crippen LogP contribution in [0.15, 0.2) is 42.2 Å². The highest BCUT2D eigenvalue weighted by Gasteiger charge is 2.46. The van der Waals surface area contributed by atoms with E-state index in [1.165, 1.54) is 36.4 Å². The highest BCUT2D eigenvalue weighted by Crippen LogP contribution is 2.44. The van der Waals surface area contributed by atoms with Crippen LogP contribution < -0.4 is 4.74 Å². The summed E-state index contributed by atoms with van der Waals surface area (Å²) in [6.45, 7) is -0.566. The number of benzene rings is 2. The minimum Gasteiger partial charge on any atom is -0.508 e. The van der Waals surface area contributed by atoms with E-state index in [-0.39, 0.29) is 34.3 Å². The monoisotopic (exact) mass is 534 g/mol. The number of aliphatic hydroxyl groups excluding tert-OH is 3. The van der Waals surface area contributed by atoms with Gasteiger partial charge in [-0.05, 0) is 18.2 Å². The summed E-state index contributed by atoms with van der Waals surface area (Å²) in [6.07, 6.45) is -8.68. The summed E-state index contributed by atoms with van der Waals surface area (Å²) < 4.78 is 22.3. The second kappa shape index (κ2) is 11.1. The molecule has 1 saturated heterocycles. The highest BCUT2D eigenvalue weighted by molar-refractivity contribution is 5.76. The molecule has 0 saturated carbocycles. The largest absolute Gasteiger partial charge is 0.508 e. The van der Waals surface area contributed by atoms with Gasteiger partial charge in [-0.15, -0.1) is 0 Å². The maximum Gasteiger partial charge on any atom is 0.306 e. The predicted octanol–water partition coefficient (Wildman–Crippen LogP) is 0.510. The van der Waals surface area contributed by atoms with Crippen LogP contribution in [0, 0.1) is 0 Å². The molecule has 1 fully saturated rings. The third-order valence-electron chi connectivity index (χ3n) is 5.96. The number of fused-ring (bicyclic) bond motifs is 1. The maximum absolute atomic E-state index is 11.8. The number of aliphatic hydroxyl groups is 3. The molecule has 2 heterocycles. The van der Waals surface area contributed by atoms with E-state index in [0.717, 1.165) is 6.07 Å². The summed E-state index contributed by atoms with van der Waals surface area (Å²) in [5.74, 6) is -2.57. The Hall–Kier alpha value is -4.04. The molecule has 0 bridgehead atoms. The number of rotatable bonds is 8. The minimum atomic E-state index is -1.77. The number of carbonyl (C=O) groups excluding carboxylic acids is 1. The van der Waals surface area contributed by atoms with E-state index < -0.39 is 68.2 Å². The Kier molecular flexibility index (Phi) is 7.92. The van der Waals surface area contributed by atoms with E-state index in [0.29, 0.717) is 5.56 Å². The number of carboxylic acid groups (broad SMARTS) is 1. The molecular formula is C25H26O13. The fraction of sp³-hybridized carbons (Fsp3) is 0.360. The quantitative estimate of drug-likeness (QED) is 0.230. The lowest BCUT2D eigenvalue weighted by Crippen LogP contribution is -2.59. The fourth-order valence-electron chi connectivity index (χ4n) is 3.96. The summed E-state index contributed by atoms with van der Waals surface area (Å²) in [5.41, 5.74) is 0.611. The number of hydrogen-bond donors (Lipinski definition) is 7. The van der Waals surface area contributed by atoms with Gasteiger partial charge in [-0.25, -0.2) is 0 Å². The van der Waals surface area contributed by atoms with Crippen molar-refractivity contribution in [3.8, 4) is 23.0 Å². The smallest absolute Gasteiger partial charge is 0.306 e. The molecule has 0 aliphatic carbocycles. The van der Waals surface area contributed by atoms with Gasteiger partial charge in [0.05, 0.1) is 18.4 Å². The first kappa shape index (κ1) is 27.0. The number of ether oxygens (including phenoxy) is 4. The van der Waals surface area contributed by atoms with E-state index >= 15 is 0 Å². The van der Waals surface area contributed by atoms with Gasteiger partial charge in [0.15, 0.2) is 6.10 Å². The van der Waals surface area contributed by atoms with Gasteiger partial charge in [0.1, 0.15) is 59.8 Å². The van der Waals surface area contributed by atoms with E-state index in [4.69, 9.17) is 24.1 Å². The van der Waals surface area contributed by atoms with Crippen LogP contribution in [0.4, 0.5) is 0 Å². The summed E-state index contributed by atoms with van der Waals surface area (Å²) in [5, 5.41) is 69.8. The molecule has 7 N–H and O–H groups in total. The van der Waals surface area contributed by atoms with Gasteiger partial charge < -0.3 is 54.7 Å². The van der Waals surface area contributed by atoms with E-state index in [1.807, 2.05) is 0 Å². The van der Waals surface area contributed by atoms with Crippen molar-refractivity contribution in [2.24, 2.45) is 0 Å². The van der Waals surface area contributed by atoms with Crippen molar-refractivity contribution in [2.75, 3.05) is 6.61 Å². The Morgan fingerprint density at radius 1 is 0.895 bits per heavy atom. The fourth-order valence-corrected chi connectivity index (χ4v) is 3.96. The van der Waals surface area contributed by atoms with Crippen LogP contribution in [0.1, 0.15) is 30.1 Å². The molecule has 13 heteroatoms. The molecule has 0 radical (unpaired) electrons. The second-order valence-electron chi connectivity index (χ2n) is 8.72. The van der Waals surface area contributed by atoms with Gasteiger partial charge in [-0.3, -0.25) is 9.59 Å². The Morgan fingerprint density at radius 2 is 1.61 bits per heavy atom. The van der Waals surface area contributed by atoms with Crippen molar-refractivity contribution >= 4 is 18.0 Å². The number of carbonyl (C=O) groups is 2. The molecule has 4 rings (SSSR count). The normalized spacial score (nSPS) is 26.4. The number of carboxylic acids is 1. The standard InChI is InChI=1S/C25H26O13/c26-12-3-1-11(2-4-12)24-17(9-14-15(28)7-13(27)8-16(14)36-24)37-25-23(34)22(33)21(32)18(38-25)10-35-20(31)6-5-19(29)30/h1-4,7-9,18,21-28,32-34H,5-6,10H2,(H,29,30). The van der Waals surface area contributed by atoms with Gasteiger partial charge in [0.2, 0.25) is 6.29 Å². The topological polar surface area (TPSA) is 213 Å². The first-order chi connectivity index (χ1) is 18.0. The molecule has 2 aromatic carbocycles. The molecule has 0 aromatic heterocycles. The van der Waals surface area contributed by atoms with Gasteiger partial charge >= 0.3 is 11.9 Å². The third-order valence-corrected chi connectivity index (χ3v) is 5.96. The van der Waals surface area contributed by atoms with Crippen molar-refractivity contribution in [1.82, 2.24) is 0 Å². The van der Waals surface area contributed by atoms with Gasteiger partial charge in [0.25, 0.3) is 0 Å². The zero-order valence-corrected chi connectivity index (χ0v) is 19.7. The molecule has 0 amide bonds. The zero-order valence-electron chi connectivity index (χ0n) is 19.7. The Labute approximate surface area is 215 Å². The van der Waals surface area contributed by atoms with Crippen LogP contribution in [0.5, 0.6) is 23.0 Å². The zero-order chi connectivity index (χ0) is 27.6. The summed E-state index contributed by atoms with van der Waals surface area (Å²) in [4.78, 5) is 22.4. The molecule has 13 nitrogen and oxygen atoms in total. The van der Waals surface area contributed by atoms with Crippen LogP contribution in [0.25, 0.3) is 6.08 Å². The predicted molar refractivity (Wildman–Crippen MR) is 125 cm³/mol. The molecule has 0 spiro atoms. The Bertz CT molecular complexity index is 1210. The number of aromatic hydroxyl groups is 3. The lowest BCUT2D eigenvalue weighted by molar-refractivity contribution is -0.294. The van der Waals surface area contributed by atoms with Crippen LogP contribution in [0.3, 0.4) is 0 Å². The first-order valence-electron chi connectivity index (χ1n) is 11.5. The van der Waals surface area contributed by atoms with Crippen LogP contribution in [-0.2, 0) is 23.8 Å². The van der Waals surface area contributed by atoms with Crippen molar-refractivity contribution in [3.63, 3.8) is 0 Å². The Balaban J connectivity index is 1.58. The molecule has 6 atom stereocenters. The first-order valence-corrected chi connectivity index (χ1v) is 11.5. The SMILES string of the molecule is O=C(O)CCC(=O)OCC1OC(OC2=Cc3c(O)cc(O)cc3OC2c2ccc(O)cc2)C(O)C(O)C1O. The van der Waals surface area contributed by atoms with Gasteiger partial charge in [-0.2, -0.15) is 0 Å². The van der Waals surface area contributed by atoms with Gasteiger partial charge in [-0.1, -0.05) is 12.1 Å². The number of esters is 1. The molecule has 6 unspecified atom stereocenters.